The highest BCUT2D eigenvalue weighted by Crippen LogP contribution is 2.18. The van der Waals surface area contributed by atoms with Crippen molar-refractivity contribution in [2.24, 2.45) is 17.6 Å². The lowest BCUT2D eigenvalue weighted by Gasteiger charge is -2.34. The van der Waals surface area contributed by atoms with Crippen LogP contribution in [-0.2, 0) is 9.53 Å². The third-order valence-corrected chi connectivity index (χ3v) is 3.24. The van der Waals surface area contributed by atoms with Crippen molar-refractivity contribution >= 4 is 18.3 Å². The standard InChI is InChI=1S/C12H24N2O2.ClH/c1-9(2)11(13)12(15)14-6-4-5-10(7-14)8-16-3;/h9-11H,4-8,13H2,1-3H3;1H/t10?,11-;/m1./s1. The van der Waals surface area contributed by atoms with Gasteiger partial charge in [-0.15, -0.1) is 12.4 Å². The Labute approximate surface area is 110 Å². The van der Waals surface area contributed by atoms with Gasteiger partial charge in [0.1, 0.15) is 0 Å². The molecule has 1 rings (SSSR count). The number of halogens is 1. The predicted octanol–water partition coefficient (Wildman–Crippen LogP) is 1.28. The monoisotopic (exact) mass is 264 g/mol. The third kappa shape index (κ3) is 4.82. The van der Waals surface area contributed by atoms with E-state index in [0.29, 0.717) is 5.92 Å². The van der Waals surface area contributed by atoms with Crippen LogP contribution in [0.25, 0.3) is 0 Å². The van der Waals surface area contributed by atoms with E-state index in [9.17, 15) is 4.79 Å². The second kappa shape index (κ2) is 7.90. The molecular formula is C12H25ClN2O2. The van der Waals surface area contributed by atoms with E-state index in [-0.39, 0.29) is 30.3 Å². The fraction of sp³-hybridized carbons (Fsp3) is 0.917. The number of nitrogens with zero attached hydrogens (tertiary/aromatic N) is 1. The van der Waals surface area contributed by atoms with Gasteiger partial charge in [0, 0.05) is 20.2 Å². The van der Waals surface area contributed by atoms with Gasteiger partial charge in [-0.2, -0.15) is 0 Å². The molecule has 1 heterocycles. The maximum atomic E-state index is 12.0. The van der Waals surface area contributed by atoms with Crippen LogP contribution in [0.2, 0.25) is 0 Å². The van der Waals surface area contributed by atoms with Crippen molar-refractivity contribution in [3.05, 3.63) is 0 Å². The van der Waals surface area contributed by atoms with Crippen molar-refractivity contribution in [2.45, 2.75) is 32.7 Å². The first-order valence-corrected chi connectivity index (χ1v) is 6.09. The number of hydrogen-bond donors (Lipinski definition) is 1. The molecule has 1 aliphatic heterocycles. The second-order valence-electron chi connectivity index (χ2n) is 5.02. The van der Waals surface area contributed by atoms with Gasteiger partial charge in [0.2, 0.25) is 5.91 Å². The first-order valence-electron chi connectivity index (χ1n) is 6.09. The predicted molar refractivity (Wildman–Crippen MR) is 71.2 cm³/mol. The zero-order chi connectivity index (χ0) is 12.1. The van der Waals surface area contributed by atoms with Crippen LogP contribution in [0.1, 0.15) is 26.7 Å². The molecule has 5 heteroatoms. The van der Waals surface area contributed by atoms with E-state index in [4.69, 9.17) is 10.5 Å². The van der Waals surface area contributed by atoms with Crippen LogP contribution in [-0.4, -0.2) is 43.7 Å². The molecule has 1 unspecified atom stereocenters. The Morgan fingerprint density at radius 3 is 2.71 bits per heavy atom. The average molecular weight is 265 g/mol. The molecule has 0 aromatic heterocycles. The van der Waals surface area contributed by atoms with Crippen LogP contribution < -0.4 is 5.73 Å². The van der Waals surface area contributed by atoms with Crippen molar-refractivity contribution in [1.82, 2.24) is 4.90 Å². The topological polar surface area (TPSA) is 55.6 Å². The van der Waals surface area contributed by atoms with Crippen molar-refractivity contribution in [1.29, 1.82) is 0 Å². The quantitative estimate of drug-likeness (QED) is 0.832. The Morgan fingerprint density at radius 1 is 1.53 bits per heavy atom. The fourth-order valence-corrected chi connectivity index (χ4v) is 2.13. The van der Waals surface area contributed by atoms with Crippen LogP contribution in [0, 0.1) is 11.8 Å². The summed E-state index contributed by atoms with van der Waals surface area (Å²) in [6, 6.07) is -0.360. The van der Waals surface area contributed by atoms with Gasteiger partial charge in [0.05, 0.1) is 12.6 Å². The summed E-state index contributed by atoms with van der Waals surface area (Å²) in [6.07, 6.45) is 2.21. The molecule has 0 radical (unpaired) electrons. The molecule has 0 saturated carbocycles. The molecule has 1 aliphatic rings. The van der Waals surface area contributed by atoms with E-state index >= 15 is 0 Å². The molecular weight excluding hydrogens is 240 g/mol. The van der Waals surface area contributed by atoms with Crippen LogP contribution in [0.3, 0.4) is 0 Å². The fourth-order valence-electron chi connectivity index (χ4n) is 2.13. The molecule has 1 fully saturated rings. The number of piperidine rings is 1. The van der Waals surface area contributed by atoms with E-state index in [1.807, 2.05) is 18.7 Å². The molecule has 102 valence electrons. The van der Waals surface area contributed by atoms with E-state index in [1.165, 1.54) is 0 Å². The number of ether oxygens (including phenoxy) is 1. The maximum absolute atomic E-state index is 12.0. The summed E-state index contributed by atoms with van der Waals surface area (Å²) in [6.45, 7) is 6.35. The van der Waals surface area contributed by atoms with E-state index in [0.717, 1.165) is 32.5 Å². The van der Waals surface area contributed by atoms with Crippen LogP contribution in [0.4, 0.5) is 0 Å². The molecule has 17 heavy (non-hydrogen) atoms. The first-order chi connectivity index (χ1) is 7.56. The molecule has 2 atom stereocenters. The summed E-state index contributed by atoms with van der Waals surface area (Å²) < 4.78 is 5.15. The summed E-state index contributed by atoms with van der Waals surface area (Å²) >= 11 is 0. The highest BCUT2D eigenvalue weighted by Gasteiger charge is 2.28. The normalized spacial score (nSPS) is 22.2. The molecule has 0 aliphatic carbocycles. The minimum absolute atomic E-state index is 0. The minimum Gasteiger partial charge on any atom is -0.384 e. The molecule has 0 aromatic carbocycles. The largest absolute Gasteiger partial charge is 0.384 e. The SMILES string of the molecule is COCC1CCCN(C(=O)[C@H](N)C(C)C)C1.Cl. The highest BCUT2D eigenvalue weighted by atomic mass is 35.5. The van der Waals surface area contributed by atoms with E-state index in [2.05, 4.69) is 0 Å². The Morgan fingerprint density at radius 2 is 2.18 bits per heavy atom. The molecule has 1 amide bonds. The van der Waals surface area contributed by atoms with Crippen molar-refractivity contribution in [2.75, 3.05) is 26.8 Å². The lowest BCUT2D eigenvalue weighted by atomic mass is 9.96. The molecule has 1 saturated heterocycles. The Balaban J connectivity index is 0.00000256. The lowest BCUT2D eigenvalue weighted by molar-refractivity contribution is -0.135. The summed E-state index contributed by atoms with van der Waals surface area (Å²) in [5, 5.41) is 0. The lowest BCUT2D eigenvalue weighted by Crippen LogP contribution is -2.50. The van der Waals surface area contributed by atoms with Gasteiger partial charge >= 0.3 is 0 Å². The second-order valence-corrected chi connectivity index (χ2v) is 5.02. The zero-order valence-corrected chi connectivity index (χ0v) is 11.8. The molecule has 0 bridgehead atoms. The average Bonchev–Trinajstić information content (AvgIpc) is 2.28. The van der Waals surface area contributed by atoms with Gasteiger partial charge in [-0.05, 0) is 24.7 Å². The number of hydrogen-bond acceptors (Lipinski definition) is 3. The number of amides is 1. The third-order valence-electron chi connectivity index (χ3n) is 3.24. The van der Waals surface area contributed by atoms with Gasteiger partial charge in [-0.3, -0.25) is 4.79 Å². The van der Waals surface area contributed by atoms with Crippen molar-refractivity contribution < 1.29 is 9.53 Å². The van der Waals surface area contributed by atoms with Crippen LogP contribution in [0.5, 0.6) is 0 Å². The number of methoxy groups -OCH3 is 1. The summed E-state index contributed by atoms with van der Waals surface area (Å²) in [7, 11) is 1.71. The molecule has 2 N–H and O–H groups in total. The van der Waals surface area contributed by atoms with Crippen LogP contribution in [0.15, 0.2) is 0 Å². The summed E-state index contributed by atoms with van der Waals surface area (Å²) in [5.74, 6) is 0.771. The zero-order valence-electron chi connectivity index (χ0n) is 11.0. The van der Waals surface area contributed by atoms with Gasteiger partial charge in [-0.25, -0.2) is 0 Å². The van der Waals surface area contributed by atoms with E-state index in [1.54, 1.807) is 7.11 Å². The van der Waals surface area contributed by atoms with E-state index < -0.39 is 0 Å². The minimum atomic E-state index is -0.360. The number of nitrogens with two attached hydrogens (primary N) is 1. The van der Waals surface area contributed by atoms with Gasteiger partial charge in [0.15, 0.2) is 0 Å². The van der Waals surface area contributed by atoms with Gasteiger partial charge in [-0.1, -0.05) is 13.8 Å². The molecule has 4 nitrogen and oxygen atoms in total. The van der Waals surface area contributed by atoms with Crippen molar-refractivity contribution in [3.8, 4) is 0 Å². The Bertz CT molecular complexity index is 235. The van der Waals surface area contributed by atoms with Crippen molar-refractivity contribution in [3.63, 3.8) is 0 Å². The first kappa shape index (κ1) is 16.7. The smallest absolute Gasteiger partial charge is 0.239 e. The summed E-state index contributed by atoms with van der Waals surface area (Å²) in [4.78, 5) is 14.0. The maximum Gasteiger partial charge on any atom is 0.239 e. The van der Waals surface area contributed by atoms with Crippen LogP contribution >= 0.6 is 12.4 Å². The van der Waals surface area contributed by atoms with Gasteiger partial charge < -0.3 is 15.4 Å². The highest BCUT2D eigenvalue weighted by molar-refractivity contribution is 5.85. The molecule has 0 spiro atoms. The Hall–Kier alpha value is -0.320. The summed E-state index contributed by atoms with van der Waals surface area (Å²) in [5.41, 5.74) is 5.89. The number of carbonyl (C=O) groups excluding carboxylic acids is 1. The number of likely N-dealkylation sites (tertiary alicyclic amines) is 1. The van der Waals surface area contributed by atoms with Gasteiger partial charge in [0.25, 0.3) is 0 Å². The Kier molecular flexibility index (Phi) is 7.75. The number of rotatable bonds is 4. The number of carbonyl (C=O) groups is 1. The molecule has 0 aromatic rings.